The predicted molar refractivity (Wildman–Crippen MR) is 81.0 cm³/mol. The lowest BCUT2D eigenvalue weighted by Crippen LogP contribution is -2.42. The molecule has 1 saturated heterocycles. The van der Waals surface area contributed by atoms with Crippen LogP contribution in [0.5, 0.6) is 0 Å². The van der Waals surface area contributed by atoms with Crippen molar-refractivity contribution in [1.82, 2.24) is 15.5 Å². The summed E-state index contributed by atoms with van der Waals surface area (Å²) < 4.78 is 27.6. The summed E-state index contributed by atoms with van der Waals surface area (Å²) in [6, 6.07) is 0. The Morgan fingerprint density at radius 1 is 1.30 bits per heavy atom. The van der Waals surface area contributed by atoms with E-state index in [1.807, 2.05) is 6.92 Å². The van der Waals surface area contributed by atoms with Crippen molar-refractivity contribution < 1.29 is 13.2 Å². The third-order valence-corrected chi connectivity index (χ3v) is 4.68. The molecule has 0 aromatic carbocycles. The van der Waals surface area contributed by atoms with Gasteiger partial charge in [0.25, 0.3) is 0 Å². The molecular formula is C12H26N4O3S. The molecule has 0 radical (unpaired) electrons. The molecule has 0 atom stereocenters. The van der Waals surface area contributed by atoms with Crippen LogP contribution in [0.1, 0.15) is 6.92 Å². The zero-order valence-corrected chi connectivity index (χ0v) is 13.2. The first-order valence-corrected chi connectivity index (χ1v) is 8.83. The Hall–Kier alpha value is -0.860. The van der Waals surface area contributed by atoms with Crippen molar-refractivity contribution in [3.63, 3.8) is 0 Å². The summed E-state index contributed by atoms with van der Waals surface area (Å²) in [4.78, 5) is 6.61. The summed E-state index contributed by atoms with van der Waals surface area (Å²) >= 11 is 0. The average Bonchev–Trinajstić information content (AvgIpc) is 2.41. The Morgan fingerprint density at radius 2 is 2.00 bits per heavy atom. The molecule has 8 heteroatoms. The maximum atomic E-state index is 11.3. The second-order valence-corrected chi connectivity index (χ2v) is 6.98. The van der Waals surface area contributed by atoms with Crippen LogP contribution in [-0.4, -0.2) is 83.8 Å². The molecule has 0 spiro atoms. The number of ether oxygens (including phenoxy) is 1. The van der Waals surface area contributed by atoms with Gasteiger partial charge in [-0.25, -0.2) is 8.42 Å². The first-order valence-electron chi connectivity index (χ1n) is 7.01. The van der Waals surface area contributed by atoms with Gasteiger partial charge >= 0.3 is 0 Å². The highest BCUT2D eigenvalue weighted by Gasteiger charge is 2.20. The smallest absolute Gasteiger partial charge is 0.191 e. The van der Waals surface area contributed by atoms with Gasteiger partial charge in [-0.15, -0.1) is 0 Å². The minimum absolute atomic E-state index is 0.267. The second-order valence-electron chi connectivity index (χ2n) is 4.67. The third kappa shape index (κ3) is 7.06. The number of hydrogen-bond acceptors (Lipinski definition) is 5. The number of nitrogens with one attached hydrogen (secondary N) is 2. The average molecular weight is 306 g/mol. The van der Waals surface area contributed by atoms with Crippen molar-refractivity contribution in [1.29, 1.82) is 0 Å². The van der Waals surface area contributed by atoms with Crippen LogP contribution >= 0.6 is 0 Å². The van der Waals surface area contributed by atoms with Gasteiger partial charge in [-0.2, -0.15) is 0 Å². The van der Waals surface area contributed by atoms with E-state index in [0.29, 0.717) is 32.8 Å². The first-order chi connectivity index (χ1) is 9.57. The van der Waals surface area contributed by atoms with Crippen molar-refractivity contribution in [2.45, 2.75) is 6.92 Å². The molecule has 1 rings (SSSR count). The Balaban J connectivity index is 2.29. The highest BCUT2D eigenvalue weighted by molar-refractivity contribution is 7.91. The Bertz CT molecular complexity index is 384. The molecule has 0 bridgehead atoms. The van der Waals surface area contributed by atoms with Crippen LogP contribution in [0.2, 0.25) is 0 Å². The molecule has 0 aliphatic carbocycles. The van der Waals surface area contributed by atoms with Crippen LogP contribution < -0.4 is 10.6 Å². The summed E-state index contributed by atoms with van der Waals surface area (Å²) in [7, 11) is -1.13. The number of nitrogens with zero attached hydrogens (tertiary/aromatic N) is 2. The van der Waals surface area contributed by atoms with Crippen LogP contribution in [0.15, 0.2) is 4.99 Å². The SMILES string of the molecule is CCNC(=NCCN1CCS(=O)(=O)CC1)NCCOC. The van der Waals surface area contributed by atoms with Gasteiger partial charge in [-0.1, -0.05) is 0 Å². The van der Waals surface area contributed by atoms with Gasteiger partial charge in [-0.05, 0) is 6.92 Å². The molecule has 20 heavy (non-hydrogen) atoms. The number of methoxy groups -OCH3 is 1. The topological polar surface area (TPSA) is 83.0 Å². The third-order valence-electron chi connectivity index (χ3n) is 3.07. The Labute approximate surface area is 121 Å². The van der Waals surface area contributed by atoms with Crippen molar-refractivity contribution in [3.8, 4) is 0 Å². The van der Waals surface area contributed by atoms with Crippen molar-refractivity contribution in [3.05, 3.63) is 0 Å². The lowest BCUT2D eigenvalue weighted by molar-refractivity contribution is 0.203. The molecule has 1 fully saturated rings. The fourth-order valence-corrected chi connectivity index (χ4v) is 3.17. The lowest BCUT2D eigenvalue weighted by Gasteiger charge is -2.25. The second kappa shape index (κ2) is 9.15. The zero-order chi connectivity index (χ0) is 14.8. The van der Waals surface area contributed by atoms with Crippen LogP contribution in [0, 0.1) is 0 Å². The molecular weight excluding hydrogens is 280 g/mol. The number of hydrogen-bond donors (Lipinski definition) is 2. The number of guanidine groups is 1. The molecule has 0 amide bonds. The minimum Gasteiger partial charge on any atom is -0.383 e. The molecule has 0 saturated carbocycles. The van der Waals surface area contributed by atoms with Gasteiger partial charge in [0.05, 0.1) is 24.7 Å². The van der Waals surface area contributed by atoms with E-state index in [1.165, 1.54) is 0 Å². The van der Waals surface area contributed by atoms with Gasteiger partial charge in [0.1, 0.15) is 0 Å². The largest absolute Gasteiger partial charge is 0.383 e. The van der Waals surface area contributed by atoms with E-state index in [9.17, 15) is 8.42 Å². The molecule has 1 aliphatic heterocycles. The zero-order valence-electron chi connectivity index (χ0n) is 12.4. The van der Waals surface area contributed by atoms with E-state index in [-0.39, 0.29) is 11.5 Å². The molecule has 2 N–H and O–H groups in total. The van der Waals surface area contributed by atoms with Crippen molar-refractivity contribution in [2.75, 3.05) is 64.5 Å². The molecule has 1 heterocycles. The highest BCUT2D eigenvalue weighted by Crippen LogP contribution is 2.02. The first kappa shape index (κ1) is 17.2. The Morgan fingerprint density at radius 3 is 2.60 bits per heavy atom. The summed E-state index contributed by atoms with van der Waals surface area (Å²) in [6.07, 6.45) is 0. The maximum Gasteiger partial charge on any atom is 0.191 e. The number of aliphatic imine (C=N–C) groups is 1. The Kier molecular flexibility index (Phi) is 7.86. The van der Waals surface area contributed by atoms with Gasteiger partial charge < -0.3 is 15.4 Å². The summed E-state index contributed by atoms with van der Waals surface area (Å²) in [5.74, 6) is 1.31. The van der Waals surface area contributed by atoms with E-state index in [1.54, 1.807) is 7.11 Å². The number of sulfone groups is 1. The molecule has 0 aromatic heterocycles. The molecule has 0 unspecified atom stereocenters. The standard InChI is InChI=1S/C12H26N4O3S/c1-3-13-12(15-5-9-19-2)14-4-6-16-7-10-20(17,18)11-8-16/h3-11H2,1-2H3,(H2,13,14,15). The summed E-state index contributed by atoms with van der Waals surface area (Å²) in [5, 5.41) is 6.33. The summed E-state index contributed by atoms with van der Waals surface area (Å²) in [6.45, 7) is 6.85. The van der Waals surface area contributed by atoms with Gasteiger partial charge in [-0.3, -0.25) is 9.89 Å². The van der Waals surface area contributed by atoms with E-state index >= 15 is 0 Å². The quantitative estimate of drug-likeness (QED) is 0.354. The van der Waals surface area contributed by atoms with Crippen LogP contribution in [0.4, 0.5) is 0 Å². The van der Waals surface area contributed by atoms with Crippen LogP contribution in [-0.2, 0) is 14.6 Å². The predicted octanol–water partition coefficient (Wildman–Crippen LogP) is -1.08. The van der Waals surface area contributed by atoms with E-state index in [0.717, 1.165) is 19.0 Å². The fourth-order valence-electron chi connectivity index (χ4n) is 1.89. The van der Waals surface area contributed by atoms with Gasteiger partial charge in [0, 0.05) is 39.8 Å². The van der Waals surface area contributed by atoms with E-state index in [4.69, 9.17) is 4.74 Å². The van der Waals surface area contributed by atoms with Gasteiger partial charge in [0.15, 0.2) is 15.8 Å². The van der Waals surface area contributed by atoms with Crippen LogP contribution in [0.3, 0.4) is 0 Å². The van der Waals surface area contributed by atoms with Crippen molar-refractivity contribution in [2.24, 2.45) is 4.99 Å². The van der Waals surface area contributed by atoms with E-state index in [2.05, 4.69) is 20.5 Å². The molecule has 118 valence electrons. The molecule has 7 nitrogen and oxygen atoms in total. The molecule has 0 aromatic rings. The lowest BCUT2D eigenvalue weighted by atomic mass is 10.4. The molecule has 1 aliphatic rings. The van der Waals surface area contributed by atoms with Crippen molar-refractivity contribution >= 4 is 15.8 Å². The minimum atomic E-state index is -2.80. The van der Waals surface area contributed by atoms with E-state index < -0.39 is 9.84 Å². The van der Waals surface area contributed by atoms with Crippen LogP contribution in [0.25, 0.3) is 0 Å². The normalized spacial score (nSPS) is 19.8. The fraction of sp³-hybridized carbons (Fsp3) is 0.917. The number of rotatable bonds is 7. The maximum absolute atomic E-state index is 11.3. The van der Waals surface area contributed by atoms with Gasteiger partial charge in [0.2, 0.25) is 0 Å². The monoisotopic (exact) mass is 306 g/mol. The summed E-state index contributed by atoms with van der Waals surface area (Å²) in [5.41, 5.74) is 0. The highest BCUT2D eigenvalue weighted by atomic mass is 32.2.